The molecule has 0 radical (unpaired) electrons. The van der Waals surface area contributed by atoms with Gasteiger partial charge in [-0.1, -0.05) is 15.9 Å². The van der Waals surface area contributed by atoms with E-state index in [1.54, 1.807) is 25.1 Å². The molecule has 1 heterocycles. The largest absolute Gasteiger partial charge is 0.463 e. The second-order valence-corrected chi connectivity index (χ2v) is 4.26. The van der Waals surface area contributed by atoms with Crippen LogP contribution in [0.2, 0.25) is 0 Å². The average molecular weight is 297 g/mol. The molecule has 0 aliphatic carbocycles. The number of ether oxygens (including phenoxy) is 2. The first kappa shape index (κ1) is 11.9. The molecule has 1 aromatic rings. The molecule has 0 unspecified atom stereocenters. The number of cyclic esters (lactones) is 1. The smallest absolute Gasteiger partial charge is 0.344 e. The summed E-state index contributed by atoms with van der Waals surface area (Å²) in [6.45, 7) is 1.99. The lowest BCUT2D eigenvalue weighted by Crippen LogP contribution is -2.01. The van der Waals surface area contributed by atoms with Gasteiger partial charge in [0.15, 0.2) is 0 Å². The SMILES string of the molecule is CCOC(=O)/C=C1\OC(=O)c2ccc(Br)cc21. The molecule has 0 aromatic heterocycles. The molecule has 0 fully saturated rings. The van der Waals surface area contributed by atoms with Crippen LogP contribution < -0.4 is 0 Å². The van der Waals surface area contributed by atoms with Gasteiger partial charge in [0, 0.05) is 10.0 Å². The van der Waals surface area contributed by atoms with Crippen molar-refractivity contribution in [1.29, 1.82) is 0 Å². The van der Waals surface area contributed by atoms with Crippen LogP contribution in [0.15, 0.2) is 28.7 Å². The van der Waals surface area contributed by atoms with E-state index < -0.39 is 11.9 Å². The third kappa shape index (κ3) is 2.39. The lowest BCUT2D eigenvalue weighted by atomic mass is 10.1. The van der Waals surface area contributed by atoms with Crippen LogP contribution in [0.5, 0.6) is 0 Å². The van der Waals surface area contributed by atoms with Crippen molar-refractivity contribution in [2.45, 2.75) is 6.92 Å². The number of fused-ring (bicyclic) bond motifs is 1. The van der Waals surface area contributed by atoms with Crippen LogP contribution >= 0.6 is 15.9 Å². The minimum Gasteiger partial charge on any atom is -0.463 e. The Kier molecular flexibility index (Phi) is 3.28. The maximum Gasteiger partial charge on any atom is 0.344 e. The fraction of sp³-hybridized carbons (Fsp3) is 0.167. The highest BCUT2D eigenvalue weighted by molar-refractivity contribution is 9.10. The van der Waals surface area contributed by atoms with Gasteiger partial charge in [-0.15, -0.1) is 0 Å². The van der Waals surface area contributed by atoms with E-state index in [9.17, 15) is 9.59 Å². The molecule has 0 spiro atoms. The molecule has 1 aliphatic rings. The Morgan fingerprint density at radius 3 is 2.94 bits per heavy atom. The van der Waals surface area contributed by atoms with Crippen molar-refractivity contribution in [3.05, 3.63) is 39.9 Å². The summed E-state index contributed by atoms with van der Waals surface area (Å²) in [5.74, 6) is -0.754. The van der Waals surface area contributed by atoms with Gasteiger partial charge in [0.05, 0.1) is 18.2 Å². The molecule has 17 heavy (non-hydrogen) atoms. The minimum absolute atomic E-state index is 0.227. The highest BCUT2D eigenvalue weighted by Gasteiger charge is 2.27. The number of hydrogen-bond donors (Lipinski definition) is 0. The molecule has 0 amide bonds. The lowest BCUT2D eigenvalue weighted by Gasteiger charge is -1.99. The highest BCUT2D eigenvalue weighted by atomic mass is 79.9. The van der Waals surface area contributed by atoms with Gasteiger partial charge in [-0.25, -0.2) is 9.59 Å². The van der Waals surface area contributed by atoms with Gasteiger partial charge in [0.25, 0.3) is 0 Å². The van der Waals surface area contributed by atoms with E-state index in [2.05, 4.69) is 15.9 Å². The second kappa shape index (κ2) is 4.71. The fourth-order valence-corrected chi connectivity index (χ4v) is 1.87. The van der Waals surface area contributed by atoms with E-state index in [-0.39, 0.29) is 12.4 Å². The number of rotatable bonds is 2. The van der Waals surface area contributed by atoms with Gasteiger partial charge in [-0.05, 0) is 25.1 Å². The first-order valence-electron chi connectivity index (χ1n) is 5.02. The normalized spacial score (nSPS) is 15.6. The summed E-state index contributed by atoms with van der Waals surface area (Å²) in [6, 6.07) is 5.12. The van der Waals surface area contributed by atoms with Crippen molar-refractivity contribution in [3.8, 4) is 0 Å². The number of benzene rings is 1. The maximum atomic E-state index is 11.5. The Morgan fingerprint density at radius 2 is 2.24 bits per heavy atom. The summed E-state index contributed by atoms with van der Waals surface area (Å²) in [6.07, 6.45) is 1.18. The van der Waals surface area contributed by atoms with Gasteiger partial charge in [0.1, 0.15) is 5.76 Å². The van der Waals surface area contributed by atoms with E-state index in [0.717, 1.165) is 4.47 Å². The van der Waals surface area contributed by atoms with E-state index in [4.69, 9.17) is 9.47 Å². The second-order valence-electron chi connectivity index (χ2n) is 3.34. The molecular weight excluding hydrogens is 288 g/mol. The zero-order chi connectivity index (χ0) is 12.4. The number of carbonyl (C=O) groups excluding carboxylic acids is 2. The predicted octanol–water partition coefficient (Wildman–Crippen LogP) is 2.52. The zero-order valence-electron chi connectivity index (χ0n) is 9.03. The molecular formula is C12H9BrO4. The highest BCUT2D eigenvalue weighted by Crippen LogP contribution is 2.31. The molecule has 2 rings (SSSR count). The fourth-order valence-electron chi connectivity index (χ4n) is 1.51. The molecule has 5 heteroatoms. The van der Waals surface area contributed by atoms with E-state index in [1.165, 1.54) is 6.08 Å². The number of hydrogen-bond acceptors (Lipinski definition) is 4. The van der Waals surface area contributed by atoms with E-state index in [0.29, 0.717) is 11.1 Å². The average Bonchev–Trinajstić information content (AvgIpc) is 2.55. The summed E-state index contributed by atoms with van der Waals surface area (Å²) in [5.41, 5.74) is 1.04. The van der Waals surface area contributed by atoms with E-state index in [1.807, 2.05) is 0 Å². The molecule has 88 valence electrons. The van der Waals surface area contributed by atoms with Crippen LogP contribution in [0, 0.1) is 0 Å². The summed E-state index contributed by atoms with van der Waals surface area (Å²) in [5, 5.41) is 0. The van der Waals surface area contributed by atoms with Crippen LogP contribution in [-0.4, -0.2) is 18.5 Å². The van der Waals surface area contributed by atoms with Crippen molar-refractivity contribution in [3.63, 3.8) is 0 Å². The predicted molar refractivity (Wildman–Crippen MR) is 64.2 cm³/mol. The van der Waals surface area contributed by atoms with Crippen LogP contribution in [-0.2, 0) is 14.3 Å². The van der Waals surface area contributed by atoms with Gasteiger partial charge in [-0.3, -0.25) is 0 Å². The Morgan fingerprint density at radius 1 is 1.47 bits per heavy atom. The minimum atomic E-state index is -0.525. The maximum absolute atomic E-state index is 11.5. The molecule has 4 nitrogen and oxygen atoms in total. The number of halogens is 1. The van der Waals surface area contributed by atoms with Gasteiger partial charge >= 0.3 is 11.9 Å². The number of esters is 2. The van der Waals surface area contributed by atoms with Crippen molar-refractivity contribution in [1.82, 2.24) is 0 Å². The lowest BCUT2D eigenvalue weighted by molar-refractivity contribution is -0.137. The summed E-state index contributed by atoms with van der Waals surface area (Å²) in [7, 11) is 0. The molecule has 0 saturated heterocycles. The zero-order valence-corrected chi connectivity index (χ0v) is 10.6. The molecule has 0 N–H and O–H groups in total. The third-order valence-electron chi connectivity index (χ3n) is 2.21. The molecule has 0 atom stereocenters. The first-order chi connectivity index (χ1) is 8.11. The van der Waals surface area contributed by atoms with Crippen molar-refractivity contribution >= 4 is 33.6 Å². The molecule has 1 aliphatic heterocycles. The summed E-state index contributed by atoms with van der Waals surface area (Å²) >= 11 is 3.30. The standard InChI is InChI=1S/C12H9BrO4/c1-2-16-11(14)6-10-9-5-7(13)3-4-8(9)12(15)17-10/h3-6H,2H2,1H3/b10-6-. The molecule has 0 bridgehead atoms. The molecule has 1 aromatic carbocycles. The van der Waals surface area contributed by atoms with Crippen LogP contribution in [0.1, 0.15) is 22.8 Å². The Labute approximate surface area is 106 Å². The van der Waals surface area contributed by atoms with Gasteiger partial charge in [-0.2, -0.15) is 0 Å². The Bertz CT molecular complexity index is 519. The number of carbonyl (C=O) groups is 2. The van der Waals surface area contributed by atoms with Crippen molar-refractivity contribution in [2.75, 3.05) is 6.61 Å². The van der Waals surface area contributed by atoms with Crippen LogP contribution in [0.3, 0.4) is 0 Å². The monoisotopic (exact) mass is 296 g/mol. The Balaban J connectivity index is 2.39. The topological polar surface area (TPSA) is 52.6 Å². The first-order valence-corrected chi connectivity index (χ1v) is 5.81. The summed E-state index contributed by atoms with van der Waals surface area (Å²) < 4.78 is 10.6. The van der Waals surface area contributed by atoms with Crippen molar-refractivity contribution in [2.24, 2.45) is 0 Å². The van der Waals surface area contributed by atoms with Gasteiger partial charge < -0.3 is 9.47 Å². The van der Waals surface area contributed by atoms with Crippen LogP contribution in [0.4, 0.5) is 0 Å². The Hall–Kier alpha value is -1.62. The van der Waals surface area contributed by atoms with Crippen LogP contribution in [0.25, 0.3) is 5.76 Å². The summed E-state index contributed by atoms with van der Waals surface area (Å²) in [4.78, 5) is 22.8. The quantitative estimate of drug-likeness (QED) is 0.622. The van der Waals surface area contributed by atoms with E-state index >= 15 is 0 Å². The third-order valence-corrected chi connectivity index (χ3v) is 2.70. The van der Waals surface area contributed by atoms with Gasteiger partial charge in [0.2, 0.25) is 0 Å². The molecule has 0 saturated carbocycles. The van der Waals surface area contributed by atoms with Crippen molar-refractivity contribution < 1.29 is 19.1 Å².